The third-order valence-corrected chi connectivity index (χ3v) is 3.46. The first kappa shape index (κ1) is 15.6. The molecule has 7 heteroatoms. The molecule has 0 unspecified atom stereocenters. The van der Waals surface area contributed by atoms with Crippen molar-refractivity contribution in [3.8, 4) is 17.2 Å². The number of halogens is 3. The van der Waals surface area contributed by atoms with Crippen molar-refractivity contribution in [2.24, 2.45) is 0 Å². The van der Waals surface area contributed by atoms with Gasteiger partial charge in [0.25, 0.3) is 5.56 Å². The molecule has 3 rings (SSSR count). The molecule has 0 radical (unpaired) electrons. The molecule has 2 aromatic carbocycles. The molecule has 0 bridgehead atoms. The van der Waals surface area contributed by atoms with E-state index < -0.39 is 23.7 Å². The van der Waals surface area contributed by atoms with Gasteiger partial charge in [0.1, 0.15) is 11.9 Å². The second-order valence-electron chi connectivity index (χ2n) is 4.86. The lowest BCUT2D eigenvalue weighted by atomic mass is 9.97. The number of nitrogens with zero attached hydrogens (tertiary/aromatic N) is 2. The first-order valence-corrected chi connectivity index (χ1v) is 6.82. The molecule has 1 aromatic heterocycles. The van der Waals surface area contributed by atoms with Gasteiger partial charge in [-0.25, -0.2) is 4.39 Å². The van der Waals surface area contributed by atoms with E-state index in [1.54, 1.807) is 24.3 Å². The molecule has 0 spiro atoms. The number of nitriles is 1. The largest absolute Gasteiger partial charge is 0.405 e. The molecule has 0 amide bonds. The van der Waals surface area contributed by atoms with Crippen molar-refractivity contribution in [3.05, 3.63) is 70.4 Å². The van der Waals surface area contributed by atoms with Crippen LogP contribution >= 0.6 is 0 Å². The lowest BCUT2D eigenvalue weighted by Gasteiger charge is -2.15. The molecular formula is C17H9F3N2O2. The van der Waals surface area contributed by atoms with Gasteiger partial charge in [-0.2, -0.15) is 14.0 Å². The van der Waals surface area contributed by atoms with Gasteiger partial charge in [0, 0.05) is 5.56 Å². The van der Waals surface area contributed by atoms with Crippen LogP contribution in [-0.4, -0.2) is 11.3 Å². The molecule has 120 valence electrons. The Labute approximate surface area is 133 Å². The summed E-state index contributed by atoms with van der Waals surface area (Å²) in [7, 11) is 0. The van der Waals surface area contributed by atoms with Crippen LogP contribution in [-0.2, 0) is 0 Å². The molecular weight excluding hydrogens is 321 g/mol. The summed E-state index contributed by atoms with van der Waals surface area (Å²) < 4.78 is 39.2. The Morgan fingerprint density at radius 2 is 1.79 bits per heavy atom. The minimum atomic E-state index is -3.30. The number of pyridine rings is 1. The first-order valence-electron chi connectivity index (χ1n) is 6.82. The average Bonchev–Trinajstić information content (AvgIpc) is 2.56. The Morgan fingerprint density at radius 3 is 2.42 bits per heavy atom. The fourth-order valence-electron chi connectivity index (χ4n) is 2.55. The highest BCUT2D eigenvalue weighted by Crippen LogP contribution is 2.30. The summed E-state index contributed by atoms with van der Waals surface area (Å²) in [6.45, 7) is -3.30. The molecule has 0 fully saturated rings. The van der Waals surface area contributed by atoms with Gasteiger partial charge in [0.15, 0.2) is 5.69 Å². The highest BCUT2D eigenvalue weighted by Gasteiger charge is 2.21. The van der Waals surface area contributed by atoms with Crippen molar-refractivity contribution >= 4 is 10.8 Å². The second-order valence-corrected chi connectivity index (χ2v) is 4.86. The number of alkyl halides is 2. The van der Waals surface area contributed by atoms with E-state index in [0.29, 0.717) is 5.39 Å². The number of hydrogen-bond donors (Lipinski definition) is 0. The number of benzene rings is 2. The third kappa shape index (κ3) is 2.58. The van der Waals surface area contributed by atoms with Gasteiger partial charge in [0.2, 0.25) is 0 Å². The zero-order chi connectivity index (χ0) is 17.3. The Kier molecular flexibility index (Phi) is 3.96. The van der Waals surface area contributed by atoms with Gasteiger partial charge in [-0.15, -0.1) is 4.73 Å². The molecule has 3 aromatic rings. The molecule has 0 aliphatic carbocycles. The van der Waals surface area contributed by atoms with Crippen LogP contribution < -0.4 is 10.4 Å². The van der Waals surface area contributed by atoms with Gasteiger partial charge in [-0.3, -0.25) is 4.79 Å². The van der Waals surface area contributed by atoms with Gasteiger partial charge in [-0.05, 0) is 29.1 Å². The quantitative estimate of drug-likeness (QED) is 0.740. The van der Waals surface area contributed by atoms with Gasteiger partial charge >= 0.3 is 6.61 Å². The summed E-state index contributed by atoms with van der Waals surface area (Å²) in [5.41, 5.74) is -0.894. The maximum absolute atomic E-state index is 13.6. The SMILES string of the molecule is N#Cc1c(-c2cccc(F)c2)c2ccccc2c(=O)n1OC(F)F. The summed E-state index contributed by atoms with van der Waals surface area (Å²) in [5, 5.41) is 9.82. The molecule has 0 saturated heterocycles. The van der Waals surface area contributed by atoms with E-state index in [0.717, 1.165) is 6.07 Å². The molecule has 0 aliphatic heterocycles. The zero-order valence-corrected chi connectivity index (χ0v) is 12.0. The monoisotopic (exact) mass is 330 g/mol. The van der Waals surface area contributed by atoms with Gasteiger partial charge < -0.3 is 4.84 Å². The highest BCUT2D eigenvalue weighted by molar-refractivity contribution is 5.98. The zero-order valence-electron chi connectivity index (χ0n) is 12.0. The van der Waals surface area contributed by atoms with Gasteiger partial charge in [0.05, 0.1) is 5.39 Å². The van der Waals surface area contributed by atoms with Crippen LogP contribution in [0.2, 0.25) is 0 Å². The summed E-state index contributed by atoms with van der Waals surface area (Å²) in [5.74, 6) is -0.562. The molecule has 0 atom stereocenters. The summed E-state index contributed by atoms with van der Waals surface area (Å²) >= 11 is 0. The van der Waals surface area contributed by atoms with Crippen LogP contribution in [0, 0.1) is 17.1 Å². The van der Waals surface area contributed by atoms with E-state index in [4.69, 9.17) is 0 Å². The van der Waals surface area contributed by atoms with Crippen molar-refractivity contribution < 1.29 is 18.0 Å². The highest BCUT2D eigenvalue weighted by atomic mass is 19.3. The predicted octanol–water partition coefficient (Wildman–Crippen LogP) is 3.33. The minimum Gasteiger partial charge on any atom is -0.340 e. The number of aromatic nitrogens is 1. The van der Waals surface area contributed by atoms with E-state index in [2.05, 4.69) is 4.84 Å². The van der Waals surface area contributed by atoms with Crippen LogP contribution in [0.25, 0.3) is 21.9 Å². The summed E-state index contributed by atoms with van der Waals surface area (Å²) in [6, 6.07) is 13.2. The summed E-state index contributed by atoms with van der Waals surface area (Å²) in [6.07, 6.45) is 0. The lowest BCUT2D eigenvalue weighted by Crippen LogP contribution is -2.32. The van der Waals surface area contributed by atoms with Crippen molar-refractivity contribution in [1.82, 2.24) is 4.73 Å². The van der Waals surface area contributed by atoms with E-state index in [1.165, 1.54) is 24.3 Å². The fourth-order valence-corrected chi connectivity index (χ4v) is 2.55. The van der Waals surface area contributed by atoms with Crippen LogP contribution in [0.1, 0.15) is 5.69 Å². The first-order chi connectivity index (χ1) is 11.5. The molecule has 1 heterocycles. The molecule has 0 aliphatic rings. The standard InChI is InChI=1S/C17H9F3N2O2/c18-11-5-3-4-10(8-11)15-12-6-1-2-7-13(12)16(23)22(14(15)9-21)24-17(19)20/h1-8,17H. The maximum atomic E-state index is 13.6. The number of rotatable bonds is 3. The summed E-state index contributed by atoms with van der Waals surface area (Å²) in [4.78, 5) is 16.6. The Morgan fingerprint density at radius 1 is 1.08 bits per heavy atom. The molecule has 4 nitrogen and oxygen atoms in total. The average molecular weight is 330 g/mol. The molecule has 0 saturated carbocycles. The smallest absolute Gasteiger partial charge is 0.340 e. The number of hydrogen-bond acceptors (Lipinski definition) is 3. The van der Waals surface area contributed by atoms with Crippen molar-refractivity contribution in [2.75, 3.05) is 0 Å². The van der Waals surface area contributed by atoms with Crippen molar-refractivity contribution in [3.63, 3.8) is 0 Å². The Balaban J connectivity index is 2.49. The van der Waals surface area contributed by atoms with Gasteiger partial charge in [-0.1, -0.05) is 30.3 Å². The van der Waals surface area contributed by atoms with E-state index in [-0.39, 0.29) is 21.2 Å². The topological polar surface area (TPSA) is 55.0 Å². The Hall–Kier alpha value is -3.27. The van der Waals surface area contributed by atoms with Crippen molar-refractivity contribution in [1.29, 1.82) is 5.26 Å². The van der Waals surface area contributed by atoms with Crippen LogP contribution in [0.3, 0.4) is 0 Å². The van der Waals surface area contributed by atoms with E-state index in [9.17, 15) is 23.2 Å². The number of fused-ring (bicyclic) bond motifs is 1. The van der Waals surface area contributed by atoms with Crippen LogP contribution in [0.4, 0.5) is 13.2 Å². The van der Waals surface area contributed by atoms with Crippen LogP contribution in [0.5, 0.6) is 0 Å². The fraction of sp³-hybridized carbons (Fsp3) is 0.0588. The minimum absolute atomic E-state index is 0.0800. The molecule has 24 heavy (non-hydrogen) atoms. The van der Waals surface area contributed by atoms with E-state index in [1.807, 2.05) is 0 Å². The lowest BCUT2D eigenvalue weighted by molar-refractivity contribution is -0.135. The Bertz CT molecular complexity index is 1020. The van der Waals surface area contributed by atoms with Crippen molar-refractivity contribution in [2.45, 2.75) is 6.61 Å². The maximum Gasteiger partial charge on any atom is 0.405 e. The normalized spacial score (nSPS) is 10.8. The predicted molar refractivity (Wildman–Crippen MR) is 80.9 cm³/mol. The molecule has 0 N–H and O–H groups in total. The van der Waals surface area contributed by atoms with Crippen LogP contribution in [0.15, 0.2) is 53.3 Å². The third-order valence-electron chi connectivity index (χ3n) is 3.46. The van der Waals surface area contributed by atoms with E-state index >= 15 is 0 Å². The second kappa shape index (κ2) is 6.08.